The van der Waals surface area contributed by atoms with Crippen LogP contribution in [-0.4, -0.2) is 33.8 Å². The first-order valence-electron chi connectivity index (χ1n) is 8.76. The summed E-state index contributed by atoms with van der Waals surface area (Å²) in [5, 5.41) is 7.36. The van der Waals surface area contributed by atoms with Crippen molar-refractivity contribution in [3.63, 3.8) is 0 Å². The summed E-state index contributed by atoms with van der Waals surface area (Å²) in [6.07, 6.45) is 4.21. The van der Waals surface area contributed by atoms with E-state index in [0.29, 0.717) is 0 Å². The lowest BCUT2D eigenvalue weighted by molar-refractivity contribution is -0.150. The quantitative estimate of drug-likeness (QED) is 0.640. The molecule has 1 amide bonds. The number of nitrogens with one attached hydrogen (secondary N) is 1. The smallest absolute Gasteiger partial charge is 0.331 e. The molecule has 1 aliphatic carbocycles. The molecule has 1 heterocycles. The second kappa shape index (κ2) is 7.56. The van der Waals surface area contributed by atoms with Crippen molar-refractivity contribution >= 4 is 18.0 Å². The Balaban J connectivity index is 1.67. The topological polar surface area (TPSA) is 73.2 Å². The zero-order valence-corrected chi connectivity index (χ0v) is 15.2. The number of aromatic nitrogens is 2. The van der Waals surface area contributed by atoms with Crippen molar-refractivity contribution in [2.45, 2.75) is 45.8 Å². The maximum atomic E-state index is 12.0. The number of carbonyl (C=O) groups is 2. The van der Waals surface area contributed by atoms with Crippen LogP contribution in [-0.2, 0) is 14.3 Å². The van der Waals surface area contributed by atoms with Crippen LogP contribution < -0.4 is 5.32 Å². The van der Waals surface area contributed by atoms with Crippen molar-refractivity contribution in [2.75, 3.05) is 0 Å². The van der Waals surface area contributed by atoms with Gasteiger partial charge in [0.1, 0.15) is 0 Å². The van der Waals surface area contributed by atoms with Gasteiger partial charge in [0.2, 0.25) is 0 Å². The minimum atomic E-state index is -0.804. The number of carbonyl (C=O) groups excluding carboxylic acids is 2. The first-order valence-corrected chi connectivity index (χ1v) is 8.76. The van der Waals surface area contributed by atoms with Gasteiger partial charge in [-0.3, -0.25) is 4.79 Å². The molecule has 0 bridgehead atoms. The molecule has 0 spiro atoms. The van der Waals surface area contributed by atoms with Crippen LogP contribution >= 0.6 is 0 Å². The lowest BCUT2D eigenvalue weighted by atomic mass is 10.2. The molecule has 0 unspecified atom stereocenters. The molecule has 2 aromatic rings. The number of rotatable bonds is 6. The van der Waals surface area contributed by atoms with E-state index < -0.39 is 12.1 Å². The Hall–Kier alpha value is -2.89. The van der Waals surface area contributed by atoms with Gasteiger partial charge in [-0.2, -0.15) is 5.10 Å². The monoisotopic (exact) mass is 353 g/mol. The fraction of sp³-hybridized carbons (Fsp3) is 0.350. The molecule has 1 saturated carbocycles. The number of amides is 1. The van der Waals surface area contributed by atoms with E-state index in [-0.39, 0.29) is 11.9 Å². The predicted octanol–water partition coefficient (Wildman–Crippen LogP) is 2.71. The first-order chi connectivity index (χ1) is 12.5. The van der Waals surface area contributed by atoms with Crippen molar-refractivity contribution in [1.29, 1.82) is 0 Å². The Morgan fingerprint density at radius 3 is 2.62 bits per heavy atom. The highest BCUT2D eigenvalue weighted by Gasteiger charge is 2.26. The summed E-state index contributed by atoms with van der Waals surface area (Å²) in [7, 11) is 0. The molecule has 0 aliphatic heterocycles. The van der Waals surface area contributed by atoms with E-state index in [1.54, 1.807) is 13.0 Å². The third-order valence-electron chi connectivity index (χ3n) is 4.32. The number of nitrogens with zero attached hydrogens (tertiary/aromatic N) is 2. The number of aryl methyl sites for hydroxylation is 1. The number of hydrogen-bond donors (Lipinski definition) is 1. The number of esters is 1. The number of ether oxygens (including phenoxy) is 1. The lowest BCUT2D eigenvalue weighted by Gasteiger charge is -2.11. The highest BCUT2D eigenvalue weighted by molar-refractivity contribution is 5.90. The van der Waals surface area contributed by atoms with Crippen LogP contribution in [0.4, 0.5) is 0 Å². The zero-order chi connectivity index (χ0) is 18.7. The minimum Gasteiger partial charge on any atom is -0.449 e. The van der Waals surface area contributed by atoms with Crippen molar-refractivity contribution < 1.29 is 14.3 Å². The Labute approximate surface area is 152 Å². The lowest BCUT2D eigenvalue weighted by Crippen LogP contribution is -2.36. The molecule has 1 N–H and O–H groups in total. The van der Waals surface area contributed by atoms with Crippen molar-refractivity contribution in [2.24, 2.45) is 0 Å². The number of benzene rings is 1. The second-order valence-electron chi connectivity index (χ2n) is 6.53. The van der Waals surface area contributed by atoms with Gasteiger partial charge < -0.3 is 10.1 Å². The van der Waals surface area contributed by atoms with E-state index in [1.807, 2.05) is 48.9 Å². The van der Waals surface area contributed by atoms with Gasteiger partial charge in [-0.1, -0.05) is 18.2 Å². The maximum absolute atomic E-state index is 12.0. The SMILES string of the molecule is Cc1nn(-c2ccccc2)c(C)c1/C=C/C(=O)O[C@H](C)C(=O)NC1CC1. The van der Waals surface area contributed by atoms with E-state index >= 15 is 0 Å². The van der Waals surface area contributed by atoms with Crippen LogP contribution in [0.15, 0.2) is 36.4 Å². The largest absolute Gasteiger partial charge is 0.449 e. The van der Waals surface area contributed by atoms with Gasteiger partial charge in [0.25, 0.3) is 5.91 Å². The highest BCUT2D eigenvalue weighted by Crippen LogP contribution is 2.20. The van der Waals surface area contributed by atoms with E-state index in [2.05, 4.69) is 10.4 Å². The average molecular weight is 353 g/mol. The summed E-state index contributed by atoms with van der Waals surface area (Å²) in [5.74, 6) is -0.798. The van der Waals surface area contributed by atoms with E-state index in [1.165, 1.54) is 6.08 Å². The van der Waals surface area contributed by atoms with Gasteiger partial charge in [-0.25, -0.2) is 9.48 Å². The summed E-state index contributed by atoms with van der Waals surface area (Å²) in [5.41, 5.74) is 3.56. The average Bonchev–Trinajstić information content (AvgIpc) is 3.39. The van der Waals surface area contributed by atoms with Crippen LogP contribution in [0, 0.1) is 13.8 Å². The summed E-state index contributed by atoms with van der Waals surface area (Å²) in [6, 6.07) is 10.0. The van der Waals surface area contributed by atoms with Gasteiger partial charge in [-0.05, 0) is 51.8 Å². The number of hydrogen-bond acceptors (Lipinski definition) is 4. The van der Waals surface area contributed by atoms with E-state index in [4.69, 9.17) is 4.74 Å². The maximum Gasteiger partial charge on any atom is 0.331 e. The minimum absolute atomic E-state index is 0.244. The molecule has 3 rings (SSSR count). The Kier molecular flexibility index (Phi) is 5.21. The molecule has 0 saturated heterocycles. The highest BCUT2D eigenvalue weighted by atomic mass is 16.5. The molecule has 26 heavy (non-hydrogen) atoms. The van der Waals surface area contributed by atoms with Crippen LogP contribution in [0.1, 0.15) is 36.7 Å². The molecule has 136 valence electrons. The standard InChI is InChI=1S/C20H23N3O3/c1-13-18(14(2)23(22-13)17-7-5-4-6-8-17)11-12-19(24)26-15(3)20(25)21-16-9-10-16/h4-8,11-12,15-16H,9-10H2,1-3H3,(H,21,25)/b12-11+/t15-/m1/s1. The number of para-hydroxylation sites is 1. The van der Waals surface area contributed by atoms with Crippen molar-refractivity contribution in [3.8, 4) is 5.69 Å². The molecule has 6 nitrogen and oxygen atoms in total. The van der Waals surface area contributed by atoms with E-state index in [0.717, 1.165) is 35.5 Å². The molecular formula is C20H23N3O3. The summed E-state index contributed by atoms with van der Waals surface area (Å²) in [4.78, 5) is 23.9. The fourth-order valence-corrected chi connectivity index (χ4v) is 2.68. The molecule has 1 fully saturated rings. The van der Waals surface area contributed by atoms with Gasteiger partial charge in [-0.15, -0.1) is 0 Å². The molecule has 1 aromatic heterocycles. The van der Waals surface area contributed by atoms with E-state index in [9.17, 15) is 9.59 Å². The molecule has 6 heteroatoms. The van der Waals surface area contributed by atoms with Gasteiger partial charge in [0, 0.05) is 23.4 Å². The fourth-order valence-electron chi connectivity index (χ4n) is 2.68. The second-order valence-corrected chi connectivity index (χ2v) is 6.53. The van der Waals surface area contributed by atoms with Crippen LogP contribution in [0.2, 0.25) is 0 Å². The van der Waals surface area contributed by atoms with Gasteiger partial charge in [0.05, 0.1) is 11.4 Å². The normalized spacial score (nSPS) is 15.0. The molecule has 1 aliphatic rings. The van der Waals surface area contributed by atoms with Crippen molar-refractivity contribution in [3.05, 3.63) is 53.4 Å². The third kappa shape index (κ3) is 4.20. The third-order valence-corrected chi connectivity index (χ3v) is 4.32. The zero-order valence-electron chi connectivity index (χ0n) is 15.2. The Morgan fingerprint density at radius 2 is 1.96 bits per heavy atom. The van der Waals surface area contributed by atoms with Gasteiger partial charge in [0.15, 0.2) is 6.10 Å². The van der Waals surface area contributed by atoms with Gasteiger partial charge >= 0.3 is 5.97 Å². The first kappa shape index (κ1) is 17.9. The Bertz CT molecular complexity index is 835. The van der Waals surface area contributed by atoms with Crippen molar-refractivity contribution in [1.82, 2.24) is 15.1 Å². The van der Waals surface area contributed by atoms with Crippen LogP contribution in [0.25, 0.3) is 11.8 Å². The van der Waals surface area contributed by atoms with Crippen LogP contribution in [0.3, 0.4) is 0 Å². The molecule has 1 aromatic carbocycles. The summed E-state index contributed by atoms with van der Waals surface area (Å²) >= 11 is 0. The summed E-state index contributed by atoms with van der Waals surface area (Å²) < 4.78 is 7.01. The molecule has 0 radical (unpaired) electrons. The predicted molar refractivity (Wildman–Crippen MR) is 98.8 cm³/mol. The Morgan fingerprint density at radius 1 is 1.27 bits per heavy atom. The summed E-state index contributed by atoms with van der Waals surface area (Å²) in [6.45, 7) is 5.42. The molecule has 1 atom stereocenters. The molecular weight excluding hydrogens is 330 g/mol. The van der Waals surface area contributed by atoms with Crippen LogP contribution in [0.5, 0.6) is 0 Å².